The minimum atomic E-state index is -0.318. The summed E-state index contributed by atoms with van der Waals surface area (Å²) >= 11 is 0. The van der Waals surface area contributed by atoms with E-state index >= 15 is 0 Å². The van der Waals surface area contributed by atoms with Gasteiger partial charge in [-0.15, -0.1) is 0 Å². The van der Waals surface area contributed by atoms with Crippen LogP contribution in [0.5, 0.6) is 0 Å². The summed E-state index contributed by atoms with van der Waals surface area (Å²) in [5, 5.41) is 0. The molecule has 1 aromatic rings. The van der Waals surface area contributed by atoms with Crippen LogP contribution in [0.1, 0.15) is 0 Å². The average molecular weight is 223 g/mol. The van der Waals surface area contributed by atoms with Gasteiger partial charge in [-0.05, 0) is 0 Å². The number of nitrogens with zero attached hydrogens (tertiary/aromatic N) is 2. The lowest BCUT2D eigenvalue weighted by atomic mass is 10.5. The number of hydrogen-bond acceptors (Lipinski definition) is 3. The topological polar surface area (TPSA) is 94.6 Å². The second kappa shape index (κ2) is 6.39. The third-order valence-electron chi connectivity index (χ3n) is 1.74. The van der Waals surface area contributed by atoms with E-state index in [1.165, 1.54) is 0 Å². The van der Waals surface area contributed by atoms with Crippen LogP contribution in [0.25, 0.3) is 0 Å². The SMILES string of the molecule is NC(N)=NCCOC(=O)C[n+]1ccccc1. The van der Waals surface area contributed by atoms with Gasteiger partial charge < -0.3 is 16.2 Å². The van der Waals surface area contributed by atoms with Crippen molar-refractivity contribution in [3.8, 4) is 0 Å². The van der Waals surface area contributed by atoms with Crippen molar-refractivity contribution in [1.82, 2.24) is 0 Å². The van der Waals surface area contributed by atoms with Crippen LogP contribution in [0.3, 0.4) is 0 Å². The van der Waals surface area contributed by atoms with Gasteiger partial charge in [-0.3, -0.25) is 4.99 Å². The van der Waals surface area contributed by atoms with Gasteiger partial charge in [-0.2, -0.15) is 4.57 Å². The van der Waals surface area contributed by atoms with Crippen LogP contribution in [0.4, 0.5) is 0 Å². The van der Waals surface area contributed by atoms with E-state index in [1.807, 2.05) is 18.2 Å². The van der Waals surface area contributed by atoms with Crippen molar-refractivity contribution in [2.75, 3.05) is 13.2 Å². The Balaban J connectivity index is 2.24. The Labute approximate surface area is 93.5 Å². The minimum absolute atomic E-state index is 0.00603. The third-order valence-corrected chi connectivity index (χ3v) is 1.74. The predicted octanol–water partition coefficient (Wildman–Crippen LogP) is -1.21. The first-order valence-electron chi connectivity index (χ1n) is 4.83. The molecule has 0 saturated carbocycles. The fraction of sp³-hybridized carbons (Fsp3) is 0.300. The number of pyridine rings is 1. The molecule has 4 N–H and O–H groups in total. The summed E-state index contributed by atoms with van der Waals surface area (Å²) in [5.74, 6) is -0.324. The third kappa shape index (κ3) is 4.94. The molecule has 0 bridgehead atoms. The quantitative estimate of drug-likeness (QED) is 0.215. The minimum Gasteiger partial charge on any atom is -0.459 e. The van der Waals surface area contributed by atoms with E-state index in [0.717, 1.165) is 0 Å². The first-order chi connectivity index (χ1) is 7.68. The zero-order chi connectivity index (χ0) is 11.8. The van der Waals surface area contributed by atoms with Crippen LogP contribution >= 0.6 is 0 Å². The Kier molecular flexibility index (Phi) is 4.78. The molecule has 0 fully saturated rings. The second-order valence-electron chi connectivity index (χ2n) is 3.07. The number of aliphatic imine (C=N–C) groups is 1. The van der Waals surface area contributed by atoms with E-state index < -0.39 is 0 Å². The van der Waals surface area contributed by atoms with Crippen LogP contribution in [-0.2, 0) is 16.1 Å². The van der Waals surface area contributed by atoms with Gasteiger partial charge in [0.2, 0.25) is 6.54 Å². The average Bonchev–Trinajstić information content (AvgIpc) is 2.25. The molecule has 1 heterocycles. The fourth-order valence-corrected chi connectivity index (χ4v) is 1.07. The molecule has 0 unspecified atom stereocenters. The van der Waals surface area contributed by atoms with E-state index in [9.17, 15) is 4.79 Å². The van der Waals surface area contributed by atoms with Crippen LogP contribution in [-0.4, -0.2) is 25.1 Å². The second-order valence-corrected chi connectivity index (χ2v) is 3.07. The standard InChI is InChI=1S/C10H15N4O2/c11-10(12)13-4-7-16-9(15)8-14-5-2-1-3-6-14/h1-3,5-6H,4,7-8H2,(H4,11,12,13)/q+1. The lowest BCUT2D eigenvalue weighted by Crippen LogP contribution is -2.37. The molecule has 0 radical (unpaired) electrons. The number of ether oxygens (including phenoxy) is 1. The van der Waals surface area contributed by atoms with E-state index in [2.05, 4.69) is 4.99 Å². The van der Waals surface area contributed by atoms with Crippen molar-refractivity contribution in [3.63, 3.8) is 0 Å². The van der Waals surface area contributed by atoms with E-state index in [0.29, 0.717) is 0 Å². The molecule has 0 aromatic carbocycles. The lowest BCUT2D eigenvalue weighted by Gasteiger charge is -2.00. The Morgan fingerprint density at radius 2 is 1.94 bits per heavy atom. The van der Waals surface area contributed by atoms with Gasteiger partial charge in [0.25, 0.3) is 0 Å². The summed E-state index contributed by atoms with van der Waals surface area (Å²) in [5.41, 5.74) is 10.2. The Bertz CT molecular complexity index is 360. The number of carbonyl (C=O) groups excluding carboxylic acids is 1. The summed E-state index contributed by atoms with van der Waals surface area (Å²) in [6.07, 6.45) is 3.58. The zero-order valence-corrected chi connectivity index (χ0v) is 8.87. The largest absolute Gasteiger partial charge is 0.459 e. The molecule has 0 aliphatic carbocycles. The van der Waals surface area contributed by atoms with Crippen LogP contribution in [0.15, 0.2) is 35.6 Å². The molecule has 0 aliphatic heterocycles. The number of carbonyl (C=O) groups is 1. The molecule has 0 spiro atoms. The van der Waals surface area contributed by atoms with Crippen LogP contribution in [0.2, 0.25) is 0 Å². The monoisotopic (exact) mass is 223 g/mol. The zero-order valence-electron chi connectivity index (χ0n) is 8.87. The highest BCUT2D eigenvalue weighted by Crippen LogP contribution is 1.82. The van der Waals surface area contributed by atoms with Gasteiger partial charge in [0.15, 0.2) is 18.4 Å². The molecular weight excluding hydrogens is 208 g/mol. The van der Waals surface area contributed by atoms with Gasteiger partial charge in [-0.25, -0.2) is 4.79 Å². The normalized spacial score (nSPS) is 9.50. The number of nitrogens with two attached hydrogens (primary N) is 2. The van der Waals surface area contributed by atoms with Gasteiger partial charge in [-0.1, -0.05) is 6.07 Å². The highest BCUT2D eigenvalue weighted by atomic mass is 16.5. The number of esters is 1. The Morgan fingerprint density at radius 1 is 1.25 bits per heavy atom. The van der Waals surface area contributed by atoms with Gasteiger partial charge in [0, 0.05) is 12.1 Å². The van der Waals surface area contributed by atoms with Crippen molar-refractivity contribution >= 4 is 11.9 Å². The maximum absolute atomic E-state index is 11.3. The Morgan fingerprint density at radius 3 is 2.56 bits per heavy atom. The summed E-state index contributed by atoms with van der Waals surface area (Å²) in [6.45, 7) is 0.653. The first kappa shape index (κ1) is 12.0. The lowest BCUT2D eigenvalue weighted by molar-refractivity contribution is -0.686. The molecule has 0 amide bonds. The molecule has 16 heavy (non-hydrogen) atoms. The maximum atomic E-state index is 11.3. The number of rotatable bonds is 5. The molecule has 6 heteroatoms. The highest BCUT2D eigenvalue weighted by molar-refractivity contribution is 5.75. The smallest absolute Gasteiger partial charge is 0.372 e. The van der Waals surface area contributed by atoms with Crippen molar-refractivity contribution in [2.45, 2.75) is 6.54 Å². The molecule has 1 rings (SSSR count). The molecule has 86 valence electrons. The molecular formula is C10H15N4O2+. The highest BCUT2D eigenvalue weighted by Gasteiger charge is 2.08. The first-order valence-corrected chi connectivity index (χ1v) is 4.83. The van der Waals surface area contributed by atoms with Gasteiger partial charge >= 0.3 is 5.97 Å². The summed E-state index contributed by atoms with van der Waals surface area (Å²) in [6, 6.07) is 5.56. The molecule has 0 saturated heterocycles. The van der Waals surface area contributed by atoms with Crippen LogP contribution < -0.4 is 16.0 Å². The van der Waals surface area contributed by atoms with E-state index in [1.54, 1.807) is 17.0 Å². The molecule has 1 aromatic heterocycles. The van der Waals surface area contributed by atoms with Gasteiger partial charge in [0.1, 0.15) is 6.61 Å². The maximum Gasteiger partial charge on any atom is 0.372 e. The van der Waals surface area contributed by atoms with Crippen molar-refractivity contribution < 1.29 is 14.1 Å². The summed E-state index contributed by atoms with van der Waals surface area (Å²) in [4.78, 5) is 15.0. The number of hydrogen-bond donors (Lipinski definition) is 2. The summed E-state index contributed by atoms with van der Waals surface area (Å²) in [7, 11) is 0. The predicted molar refractivity (Wildman–Crippen MR) is 58.3 cm³/mol. The van der Waals surface area contributed by atoms with Gasteiger partial charge in [0.05, 0.1) is 6.54 Å². The number of guanidine groups is 1. The van der Waals surface area contributed by atoms with Crippen molar-refractivity contribution in [2.24, 2.45) is 16.5 Å². The fourth-order valence-electron chi connectivity index (χ4n) is 1.07. The van der Waals surface area contributed by atoms with Crippen LogP contribution in [0, 0.1) is 0 Å². The van der Waals surface area contributed by atoms with E-state index in [4.69, 9.17) is 16.2 Å². The number of aromatic nitrogens is 1. The Hall–Kier alpha value is -2.11. The molecule has 0 aliphatic rings. The molecule has 6 nitrogen and oxygen atoms in total. The van der Waals surface area contributed by atoms with Crippen molar-refractivity contribution in [3.05, 3.63) is 30.6 Å². The summed E-state index contributed by atoms with van der Waals surface area (Å²) < 4.78 is 6.64. The van der Waals surface area contributed by atoms with E-state index in [-0.39, 0.29) is 31.6 Å². The van der Waals surface area contributed by atoms with Crippen molar-refractivity contribution in [1.29, 1.82) is 0 Å². The molecule has 0 atom stereocenters.